The lowest BCUT2D eigenvalue weighted by molar-refractivity contribution is 0.0947. The molecule has 1 saturated carbocycles. The lowest BCUT2D eigenvalue weighted by atomic mass is 9.92. The summed E-state index contributed by atoms with van der Waals surface area (Å²) in [5.74, 6) is -0.0581. The second-order valence-corrected chi connectivity index (χ2v) is 4.60. The molecule has 16 heavy (non-hydrogen) atoms. The van der Waals surface area contributed by atoms with Crippen molar-refractivity contribution < 1.29 is 9.50 Å². The van der Waals surface area contributed by atoms with Gasteiger partial charge in [-0.25, -0.2) is 4.39 Å². The first-order valence-corrected chi connectivity index (χ1v) is 6.07. The fourth-order valence-corrected chi connectivity index (χ4v) is 2.43. The van der Waals surface area contributed by atoms with Crippen LogP contribution >= 0.6 is 0 Å². The Bertz CT molecular complexity index is 317. The van der Waals surface area contributed by atoms with Crippen molar-refractivity contribution in [3.63, 3.8) is 0 Å². The molecule has 1 atom stereocenters. The molecule has 1 aromatic rings. The Balaban J connectivity index is 2.04. The highest BCUT2D eigenvalue weighted by Gasteiger charge is 2.22. The van der Waals surface area contributed by atoms with Crippen LogP contribution in [0.2, 0.25) is 0 Å². The van der Waals surface area contributed by atoms with Gasteiger partial charge < -0.3 is 5.11 Å². The maximum atomic E-state index is 12.7. The molecule has 0 radical (unpaired) electrons. The summed E-state index contributed by atoms with van der Waals surface area (Å²) >= 11 is 0. The summed E-state index contributed by atoms with van der Waals surface area (Å²) in [5, 5.41) is 10.2. The summed E-state index contributed by atoms with van der Waals surface area (Å²) < 4.78 is 12.7. The van der Waals surface area contributed by atoms with E-state index in [-0.39, 0.29) is 5.82 Å². The van der Waals surface area contributed by atoms with E-state index in [1.165, 1.54) is 37.9 Å². The number of hydrogen-bond acceptors (Lipinski definition) is 2. The van der Waals surface area contributed by atoms with Crippen LogP contribution < -0.4 is 0 Å². The summed E-state index contributed by atoms with van der Waals surface area (Å²) in [7, 11) is 0. The summed E-state index contributed by atoms with van der Waals surface area (Å²) in [5.41, 5.74) is 0.605. The minimum atomic E-state index is -0.529. The van der Waals surface area contributed by atoms with E-state index < -0.39 is 6.10 Å². The van der Waals surface area contributed by atoms with Crippen LogP contribution in [0.5, 0.6) is 0 Å². The van der Waals surface area contributed by atoms with E-state index in [1.807, 2.05) is 0 Å². The lowest BCUT2D eigenvalue weighted by Gasteiger charge is -2.20. The molecule has 1 aromatic heterocycles. The van der Waals surface area contributed by atoms with Crippen molar-refractivity contribution in [3.05, 3.63) is 29.8 Å². The zero-order valence-corrected chi connectivity index (χ0v) is 9.40. The van der Waals surface area contributed by atoms with Gasteiger partial charge in [0.25, 0.3) is 0 Å². The van der Waals surface area contributed by atoms with Crippen molar-refractivity contribution >= 4 is 0 Å². The molecule has 0 bridgehead atoms. The molecule has 88 valence electrons. The second-order valence-electron chi connectivity index (χ2n) is 4.60. The normalized spacial score (nSPS) is 20.4. The molecular formula is C13H18FNO. The third-order valence-corrected chi connectivity index (χ3v) is 3.40. The molecule has 1 unspecified atom stereocenters. The van der Waals surface area contributed by atoms with Crippen LogP contribution in [0.15, 0.2) is 18.3 Å². The van der Waals surface area contributed by atoms with Crippen LogP contribution in [0, 0.1) is 11.7 Å². The lowest BCUT2D eigenvalue weighted by Crippen LogP contribution is -2.13. The monoisotopic (exact) mass is 223 g/mol. The third-order valence-electron chi connectivity index (χ3n) is 3.40. The molecule has 0 aliphatic heterocycles. The average molecular weight is 223 g/mol. The topological polar surface area (TPSA) is 33.1 Å². The molecule has 1 N–H and O–H groups in total. The van der Waals surface area contributed by atoms with Gasteiger partial charge in [-0.3, -0.25) is 4.98 Å². The van der Waals surface area contributed by atoms with Crippen molar-refractivity contribution in [2.24, 2.45) is 5.92 Å². The smallest absolute Gasteiger partial charge is 0.141 e. The minimum absolute atomic E-state index is 0.292. The standard InChI is InChI=1S/C13H18FNO/c14-11-7-8-12(15-9-11)13(16)10-5-3-1-2-4-6-10/h7-10,13,16H,1-6H2. The number of aromatic nitrogens is 1. The predicted molar refractivity (Wildman–Crippen MR) is 60.3 cm³/mol. The average Bonchev–Trinajstić information content (AvgIpc) is 2.57. The molecule has 2 nitrogen and oxygen atoms in total. The highest BCUT2D eigenvalue weighted by Crippen LogP contribution is 2.32. The van der Waals surface area contributed by atoms with E-state index >= 15 is 0 Å². The number of rotatable bonds is 2. The number of hydrogen-bond donors (Lipinski definition) is 1. The third kappa shape index (κ3) is 2.79. The Labute approximate surface area is 95.5 Å². The number of nitrogens with zero attached hydrogens (tertiary/aromatic N) is 1. The minimum Gasteiger partial charge on any atom is -0.387 e. The molecule has 0 saturated heterocycles. The van der Waals surface area contributed by atoms with Gasteiger partial charge in [-0.05, 0) is 30.9 Å². The molecule has 0 amide bonds. The largest absolute Gasteiger partial charge is 0.387 e. The van der Waals surface area contributed by atoms with Gasteiger partial charge in [0.1, 0.15) is 5.82 Å². The van der Waals surface area contributed by atoms with Crippen molar-refractivity contribution in [2.75, 3.05) is 0 Å². The molecule has 1 fully saturated rings. The van der Waals surface area contributed by atoms with Gasteiger partial charge in [-0.1, -0.05) is 25.7 Å². The quantitative estimate of drug-likeness (QED) is 0.781. The Morgan fingerprint density at radius 1 is 1.19 bits per heavy atom. The number of pyridine rings is 1. The van der Waals surface area contributed by atoms with Gasteiger partial charge in [0.15, 0.2) is 0 Å². The van der Waals surface area contributed by atoms with Gasteiger partial charge in [-0.15, -0.1) is 0 Å². The zero-order chi connectivity index (χ0) is 11.4. The van der Waals surface area contributed by atoms with E-state index in [9.17, 15) is 9.50 Å². The fraction of sp³-hybridized carbons (Fsp3) is 0.615. The summed E-state index contributed by atoms with van der Waals surface area (Å²) in [4.78, 5) is 3.96. The first-order chi connectivity index (χ1) is 7.77. The van der Waals surface area contributed by atoms with Crippen molar-refractivity contribution in [3.8, 4) is 0 Å². The number of aliphatic hydroxyl groups excluding tert-OH is 1. The molecule has 0 aromatic carbocycles. The van der Waals surface area contributed by atoms with Crippen LogP contribution in [0.4, 0.5) is 4.39 Å². The molecular weight excluding hydrogens is 205 g/mol. The van der Waals surface area contributed by atoms with Crippen LogP contribution in [0.1, 0.15) is 50.3 Å². The number of halogens is 1. The Hall–Kier alpha value is -0.960. The Morgan fingerprint density at radius 3 is 2.44 bits per heavy atom. The highest BCUT2D eigenvalue weighted by molar-refractivity contribution is 5.09. The van der Waals surface area contributed by atoms with Gasteiger partial charge in [0.2, 0.25) is 0 Å². The fourth-order valence-electron chi connectivity index (χ4n) is 2.43. The molecule has 2 rings (SSSR count). The first-order valence-electron chi connectivity index (χ1n) is 6.07. The van der Waals surface area contributed by atoms with Gasteiger partial charge in [0.05, 0.1) is 18.0 Å². The number of aliphatic hydroxyl groups is 1. The SMILES string of the molecule is OC(c1ccc(F)cn1)C1CCCCCC1. The van der Waals surface area contributed by atoms with Crippen molar-refractivity contribution in [1.29, 1.82) is 0 Å². The highest BCUT2D eigenvalue weighted by atomic mass is 19.1. The predicted octanol–water partition coefficient (Wildman–Crippen LogP) is 3.22. The van der Waals surface area contributed by atoms with Crippen LogP contribution in [0.3, 0.4) is 0 Å². The van der Waals surface area contributed by atoms with Crippen LogP contribution in [-0.2, 0) is 0 Å². The van der Waals surface area contributed by atoms with E-state index in [4.69, 9.17) is 0 Å². The Kier molecular flexibility index (Phi) is 3.88. The first kappa shape index (κ1) is 11.5. The molecule has 1 heterocycles. The van der Waals surface area contributed by atoms with E-state index in [1.54, 1.807) is 6.07 Å². The van der Waals surface area contributed by atoms with Gasteiger partial charge in [-0.2, -0.15) is 0 Å². The summed E-state index contributed by atoms with van der Waals surface area (Å²) in [6.45, 7) is 0. The van der Waals surface area contributed by atoms with E-state index in [2.05, 4.69) is 4.98 Å². The zero-order valence-electron chi connectivity index (χ0n) is 9.40. The maximum absolute atomic E-state index is 12.7. The molecule has 1 aliphatic carbocycles. The van der Waals surface area contributed by atoms with Gasteiger partial charge in [0, 0.05) is 0 Å². The summed E-state index contributed by atoms with van der Waals surface area (Å²) in [6, 6.07) is 2.95. The molecule has 1 aliphatic rings. The van der Waals surface area contributed by atoms with Crippen molar-refractivity contribution in [2.45, 2.75) is 44.6 Å². The van der Waals surface area contributed by atoms with Crippen LogP contribution in [-0.4, -0.2) is 10.1 Å². The maximum Gasteiger partial charge on any atom is 0.141 e. The van der Waals surface area contributed by atoms with Crippen molar-refractivity contribution in [1.82, 2.24) is 4.98 Å². The Morgan fingerprint density at radius 2 is 1.88 bits per heavy atom. The molecule has 3 heteroatoms. The van der Waals surface area contributed by atoms with Crippen LogP contribution in [0.25, 0.3) is 0 Å². The van der Waals surface area contributed by atoms with E-state index in [0.29, 0.717) is 11.6 Å². The van der Waals surface area contributed by atoms with Gasteiger partial charge >= 0.3 is 0 Å². The summed E-state index contributed by atoms with van der Waals surface area (Å²) in [6.07, 6.45) is 7.65. The second kappa shape index (κ2) is 5.39. The molecule has 0 spiro atoms. The van der Waals surface area contributed by atoms with E-state index in [0.717, 1.165) is 12.8 Å².